The van der Waals surface area contributed by atoms with Crippen molar-refractivity contribution in [3.05, 3.63) is 11.6 Å². The van der Waals surface area contributed by atoms with Gasteiger partial charge in [0.05, 0.1) is 6.10 Å². The van der Waals surface area contributed by atoms with Crippen molar-refractivity contribution in [3.8, 4) is 0 Å². The van der Waals surface area contributed by atoms with E-state index in [9.17, 15) is 5.11 Å². The van der Waals surface area contributed by atoms with Gasteiger partial charge in [-0.25, -0.2) is 0 Å². The van der Waals surface area contributed by atoms with Crippen LogP contribution in [0.4, 0.5) is 0 Å². The third-order valence-electron chi connectivity index (χ3n) is 9.19. The monoisotopic (exact) mass is 397 g/mol. The molecular formula is C22H33Cl2NO. The van der Waals surface area contributed by atoms with Gasteiger partial charge in [-0.2, -0.15) is 0 Å². The highest BCUT2D eigenvalue weighted by Crippen LogP contribution is 2.67. The molecule has 5 rings (SSSR count). The molecule has 0 aromatic carbocycles. The molecule has 4 heteroatoms. The summed E-state index contributed by atoms with van der Waals surface area (Å²) in [6.45, 7) is 4.96. The van der Waals surface area contributed by atoms with Crippen LogP contribution in [-0.2, 0) is 0 Å². The molecule has 0 heterocycles. The lowest BCUT2D eigenvalue weighted by molar-refractivity contribution is -0.0451. The summed E-state index contributed by atoms with van der Waals surface area (Å²) >= 11 is 13.4. The van der Waals surface area contributed by atoms with E-state index in [4.69, 9.17) is 23.2 Å². The van der Waals surface area contributed by atoms with Gasteiger partial charge >= 0.3 is 0 Å². The van der Waals surface area contributed by atoms with E-state index in [1.807, 2.05) is 0 Å². The molecule has 0 amide bonds. The van der Waals surface area contributed by atoms with Crippen molar-refractivity contribution in [1.29, 1.82) is 0 Å². The largest absolute Gasteiger partial charge is 0.390 e. The molecule has 0 bridgehead atoms. The average Bonchev–Trinajstić information content (AvgIpc) is 3.34. The standard InChI is InChI=1S/C22H33Cl2NO/c1-20-12-10-19(26)22(23,24)17(20)7-5-14-15-6-8-18(25-13-3-4-13)21(15,2)11-9-16(14)20/h7,13-16,18-19,25-26H,3-6,8-12H2,1-2H3/t14-,15-,16-,18-,19-,20+,21-/m0/s1. The van der Waals surface area contributed by atoms with Crippen LogP contribution in [0.5, 0.6) is 0 Å². The summed E-state index contributed by atoms with van der Waals surface area (Å²) in [5, 5.41) is 14.4. The van der Waals surface area contributed by atoms with E-state index in [0.29, 0.717) is 17.4 Å². The van der Waals surface area contributed by atoms with E-state index >= 15 is 0 Å². The van der Waals surface area contributed by atoms with Crippen LogP contribution in [0.1, 0.15) is 71.6 Å². The lowest BCUT2D eigenvalue weighted by Crippen LogP contribution is -2.56. The number of nitrogens with one attached hydrogen (secondary N) is 1. The fourth-order valence-corrected chi connectivity index (χ4v) is 8.34. The van der Waals surface area contributed by atoms with Crippen molar-refractivity contribution < 1.29 is 5.11 Å². The Morgan fingerprint density at radius 2 is 1.77 bits per heavy atom. The molecule has 0 aromatic heterocycles. The van der Waals surface area contributed by atoms with Crippen LogP contribution in [0.3, 0.4) is 0 Å². The van der Waals surface area contributed by atoms with E-state index in [1.165, 1.54) is 38.5 Å². The highest BCUT2D eigenvalue weighted by Gasteiger charge is 2.62. The number of allylic oxidation sites excluding steroid dienone is 1. The third kappa shape index (κ3) is 2.44. The Labute approximate surface area is 168 Å². The maximum absolute atomic E-state index is 10.4. The fraction of sp³-hybridized carbons (Fsp3) is 0.909. The summed E-state index contributed by atoms with van der Waals surface area (Å²) in [4.78, 5) is 0. The Balaban J connectivity index is 1.46. The van der Waals surface area contributed by atoms with Gasteiger partial charge in [0.1, 0.15) is 0 Å². The number of halogens is 2. The Bertz CT molecular complexity index is 630. The number of aliphatic hydroxyl groups excluding tert-OH is 1. The molecule has 0 unspecified atom stereocenters. The van der Waals surface area contributed by atoms with E-state index in [1.54, 1.807) is 0 Å². The van der Waals surface area contributed by atoms with E-state index in [0.717, 1.165) is 42.7 Å². The molecule has 146 valence electrons. The summed E-state index contributed by atoms with van der Waals surface area (Å²) in [5.41, 5.74) is 1.65. The molecule has 4 fully saturated rings. The minimum Gasteiger partial charge on any atom is -0.390 e. The first-order valence-electron chi connectivity index (χ1n) is 10.8. The van der Waals surface area contributed by atoms with Crippen LogP contribution < -0.4 is 5.32 Å². The van der Waals surface area contributed by atoms with Crippen molar-refractivity contribution in [2.24, 2.45) is 28.6 Å². The van der Waals surface area contributed by atoms with Gasteiger partial charge in [-0.1, -0.05) is 43.1 Å². The number of hydrogen-bond donors (Lipinski definition) is 2. The Morgan fingerprint density at radius 3 is 2.50 bits per heavy atom. The van der Waals surface area contributed by atoms with Crippen LogP contribution in [0.2, 0.25) is 0 Å². The average molecular weight is 398 g/mol. The van der Waals surface area contributed by atoms with Gasteiger partial charge in [0.2, 0.25) is 0 Å². The zero-order valence-corrected chi connectivity index (χ0v) is 17.6. The Morgan fingerprint density at radius 1 is 1.00 bits per heavy atom. The molecule has 0 saturated heterocycles. The highest BCUT2D eigenvalue weighted by atomic mass is 35.5. The lowest BCUT2D eigenvalue weighted by Gasteiger charge is -2.59. The van der Waals surface area contributed by atoms with Crippen molar-refractivity contribution in [1.82, 2.24) is 5.32 Å². The van der Waals surface area contributed by atoms with Crippen LogP contribution in [0.15, 0.2) is 11.6 Å². The van der Waals surface area contributed by atoms with Crippen molar-refractivity contribution in [3.63, 3.8) is 0 Å². The molecule has 0 aromatic rings. The summed E-state index contributed by atoms with van der Waals surface area (Å²) in [5.74, 6) is 2.25. The first-order chi connectivity index (χ1) is 12.3. The summed E-state index contributed by atoms with van der Waals surface area (Å²) in [7, 11) is 0. The predicted molar refractivity (Wildman–Crippen MR) is 107 cm³/mol. The number of alkyl halides is 2. The predicted octanol–water partition coefficient (Wildman–Crippen LogP) is 5.21. The van der Waals surface area contributed by atoms with Crippen LogP contribution >= 0.6 is 23.2 Å². The molecule has 5 aliphatic rings. The number of hydrogen-bond acceptors (Lipinski definition) is 2. The molecule has 2 N–H and O–H groups in total. The maximum Gasteiger partial charge on any atom is 0.165 e. The SMILES string of the molecule is C[C@]12CC[C@H]3[C@@H](CC=C4C(Cl)(Cl)[C@@H](O)CC[C@@]43C)[C@@H]1CC[C@@H]2NC1CC1. The topological polar surface area (TPSA) is 32.3 Å². The van der Waals surface area contributed by atoms with Crippen LogP contribution in [0, 0.1) is 28.6 Å². The summed E-state index contributed by atoms with van der Waals surface area (Å²) < 4.78 is -1.09. The van der Waals surface area contributed by atoms with Gasteiger partial charge in [0.25, 0.3) is 0 Å². The Hall–Kier alpha value is 0.240. The number of rotatable bonds is 2. The summed E-state index contributed by atoms with van der Waals surface area (Å²) in [6.07, 6.45) is 12.6. The first kappa shape index (κ1) is 18.3. The van der Waals surface area contributed by atoms with Crippen molar-refractivity contribution >= 4 is 23.2 Å². The smallest absolute Gasteiger partial charge is 0.165 e. The molecule has 0 spiro atoms. The minimum absolute atomic E-state index is 0.0645. The molecular weight excluding hydrogens is 365 g/mol. The van der Waals surface area contributed by atoms with Crippen LogP contribution in [0.25, 0.3) is 0 Å². The van der Waals surface area contributed by atoms with Gasteiger partial charge < -0.3 is 10.4 Å². The minimum atomic E-state index is -1.09. The van der Waals surface area contributed by atoms with Gasteiger partial charge in [0, 0.05) is 12.1 Å². The second kappa shape index (κ2) is 5.88. The van der Waals surface area contributed by atoms with Gasteiger partial charge in [0.15, 0.2) is 4.33 Å². The lowest BCUT2D eigenvalue weighted by atomic mass is 9.47. The zero-order chi connectivity index (χ0) is 18.3. The molecule has 7 atom stereocenters. The van der Waals surface area contributed by atoms with Crippen molar-refractivity contribution in [2.45, 2.75) is 94.2 Å². The van der Waals surface area contributed by atoms with E-state index in [2.05, 4.69) is 25.2 Å². The quantitative estimate of drug-likeness (QED) is 0.494. The third-order valence-corrected chi connectivity index (χ3v) is 10.1. The molecule has 0 radical (unpaired) electrons. The molecule has 26 heavy (non-hydrogen) atoms. The fourth-order valence-electron chi connectivity index (χ4n) is 7.54. The normalized spacial score (nSPS) is 52.7. The first-order valence-corrected chi connectivity index (χ1v) is 11.6. The number of aliphatic hydroxyl groups is 1. The molecule has 4 saturated carbocycles. The van der Waals surface area contributed by atoms with Gasteiger partial charge in [-0.3, -0.25) is 0 Å². The van der Waals surface area contributed by atoms with Crippen LogP contribution in [-0.4, -0.2) is 27.6 Å². The van der Waals surface area contributed by atoms with Gasteiger partial charge in [-0.15, -0.1) is 0 Å². The molecule has 0 aliphatic heterocycles. The van der Waals surface area contributed by atoms with Gasteiger partial charge in [-0.05, 0) is 91.9 Å². The second-order valence-electron chi connectivity index (χ2n) is 10.4. The van der Waals surface area contributed by atoms with E-state index in [-0.39, 0.29) is 5.41 Å². The zero-order valence-electron chi connectivity index (χ0n) is 16.1. The molecule has 2 nitrogen and oxygen atoms in total. The summed E-state index contributed by atoms with van der Waals surface area (Å²) in [6, 6.07) is 1.52. The molecule has 5 aliphatic carbocycles. The van der Waals surface area contributed by atoms with Crippen molar-refractivity contribution in [2.75, 3.05) is 0 Å². The second-order valence-corrected chi connectivity index (χ2v) is 11.8. The Kier molecular flexibility index (Phi) is 4.13. The number of fused-ring (bicyclic) bond motifs is 5. The van der Waals surface area contributed by atoms with E-state index < -0.39 is 10.4 Å². The highest BCUT2D eigenvalue weighted by molar-refractivity contribution is 6.51. The maximum atomic E-state index is 10.4.